The molecule has 0 fully saturated rings. The summed E-state index contributed by atoms with van der Waals surface area (Å²) in [5, 5.41) is 16.7. The zero-order chi connectivity index (χ0) is 13.0. The number of rotatable bonds is 4. The van der Waals surface area contributed by atoms with Gasteiger partial charge in [-0.15, -0.1) is 0 Å². The SMILES string of the molecule is CCc1nn(C)cc1CNc1ccccc1C#N. The Hall–Kier alpha value is -2.28. The summed E-state index contributed by atoms with van der Waals surface area (Å²) < 4.78 is 1.83. The van der Waals surface area contributed by atoms with Crippen molar-refractivity contribution in [2.75, 3.05) is 5.32 Å². The van der Waals surface area contributed by atoms with Crippen LogP contribution in [-0.4, -0.2) is 9.78 Å². The summed E-state index contributed by atoms with van der Waals surface area (Å²) in [5.41, 5.74) is 3.80. The molecule has 1 N–H and O–H groups in total. The number of anilines is 1. The second-order valence-electron chi connectivity index (χ2n) is 4.14. The Bertz CT molecular complexity index is 578. The largest absolute Gasteiger partial charge is 0.380 e. The second-order valence-corrected chi connectivity index (χ2v) is 4.14. The van der Waals surface area contributed by atoms with Gasteiger partial charge >= 0.3 is 0 Å². The zero-order valence-electron chi connectivity index (χ0n) is 10.6. The van der Waals surface area contributed by atoms with E-state index in [0.717, 1.165) is 17.8 Å². The van der Waals surface area contributed by atoms with E-state index in [2.05, 4.69) is 23.4 Å². The van der Waals surface area contributed by atoms with Gasteiger partial charge < -0.3 is 5.32 Å². The van der Waals surface area contributed by atoms with E-state index in [1.54, 1.807) is 0 Å². The molecule has 0 saturated carbocycles. The molecule has 0 saturated heterocycles. The van der Waals surface area contributed by atoms with E-state index in [-0.39, 0.29) is 0 Å². The molecule has 1 aromatic carbocycles. The first-order valence-corrected chi connectivity index (χ1v) is 5.99. The van der Waals surface area contributed by atoms with Gasteiger partial charge in [0.1, 0.15) is 6.07 Å². The molecule has 92 valence electrons. The highest BCUT2D eigenvalue weighted by atomic mass is 15.3. The van der Waals surface area contributed by atoms with Gasteiger partial charge in [0.25, 0.3) is 0 Å². The lowest BCUT2D eigenvalue weighted by Gasteiger charge is -2.07. The number of hydrogen-bond acceptors (Lipinski definition) is 3. The minimum absolute atomic E-state index is 0.666. The maximum Gasteiger partial charge on any atom is 0.101 e. The summed E-state index contributed by atoms with van der Waals surface area (Å²) in [6.07, 6.45) is 2.93. The van der Waals surface area contributed by atoms with Crippen molar-refractivity contribution in [1.82, 2.24) is 9.78 Å². The van der Waals surface area contributed by atoms with Crippen LogP contribution in [-0.2, 0) is 20.0 Å². The standard InChI is InChI=1S/C14H16N4/c1-3-13-12(10-18(2)17-13)9-16-14-7-5-4-6-11(14)8-15/h4-7,10,16H,3,9H2,1-2H3. The number of nitrogens with one attached hydrogen (secondary N) is 1. The molecule has 0 radical (unpaired) electrons. The third-order valence-corrected chi connectivity index (χ3v) is 2.84. The number of aryl methyl sites for hydroxylation is 2. The first-order chi connectivity index (χ1) is 8.74. The summed E-state index contributed by atoms with van der Waals surface area (Å²) in [7, 11) is 1.92. The number of nitrogens with zero attached hydrogens (tertiary/aromatic N) is 3. The van der Waals surface area contributed by atoms with Crippen LogP contribution in [0.3, 0.4) is 0 Å². The van der Waals surface area contributed by atoms with Crippen molar-refractivity contribution in [3.05, 3.63) is 47.3 Å². The molecule has 18 heavy (non-hydrogen) atoms. The first-order valence-electron chi connectivity index (χ1n) is 5.99. The van der Waals surface area contributed by atoms with Gasteiger partial charge in [0.2, 0.25) is 0 Å². The van der Waals surface area contributed by atoms with Gasteiger partial charge in [-0.25, -0.2) is 0 Å². The quantitative estimate of drug-likeness (QED) is 0.893. The molecule has 0 aliphatic carbocycles. The van der Waals surface area contributed by atoms with Crippen molar-refractivity contribution in [2.45, 2.75) is 19.9 Å². The van der Waals surface area contributed by atoms with Gasteiger partial charge in [0.15, 0.2) is 0 Å². The fourth-order valence-corrected chi connectivity index (χ4v) is 1.95. The Morgan fingerprint density at radius 3 is 2.89 bits per heavy atom. The fourth-order valence-electron chi connectivity index (χ4n) is 1.95. The Labute approximate surface area is 107 Å². The number of hydrogen-bond donors (Lipinski definition) is 1. The van der Waals surface area contributed by atoms with Crippen LogP contribution < -0.4 is 5.32 Å². The fraction of sp³-hybridized carbons (Fsp3) is 0.286. The van der Waals surface area contributed by atoms with Gasteiger partial charge in [0.05, 0.1) is 16.9 Å². The Balaban J connectivity index is 2.14. The van der Waals surface area contributed by atoms with Crippen LogP contribution in [0.2, 0.25) is 0 Å². The molecule has 2 rings (SSSR count). The van der Waals surface area contributed by atoms with Crippen LogP contribution >= 0.6 is 0 Å². The van der Waals surface area contributed by atoms with Gasteiger partial charge in [0, 0.05) is 25.4 Å². The van der Waals surface area contributed by atoms with Crippen LogP contribution in [0.4, 0.5) is 5.69 Å². The molecule has 0 bridgehead atoms. The Morgan fingerprint density at radius 2 is 2.17 bits per heavy atom. The molecular weight excluding hydrogens is 224 g/mol. The van der Waals surface area contributed by atoms with Crippen molar-refractivity contribution in [2.24, 2.45) is 7.05 Å². The van der Waals surface area contributed by atoms with Crippen LogP contribution in [0, 0.1) is 11.3 Å². The monoisotopic (exact) mass is 240 g/mol. The number of nitriles is 1. The van der Waals surface area contributed by atoms with Crippen molar-refractivity contribution in [3.63, 3.8) is 0 Å². The molecule has 0 aliphatic rings. The molecule has 0 atom stereocenters. The lowest BCUT2D eigenvalue weighted by molar-refractivity contribution is 0.746. The van der Waals surface area contributed by atoms with E-state index >= 15 is 0 Å². The predicted molar refractivity (Wildman–Crippen MR) is 71.1 cm³/mol. The summed E-state index contributed by atoms with van der Waals surface area (Å²) >= 11 is 0. The maximum absolute atomic E-state index is 9.01. The van der Waals surface area contributed by atoms with Crippen LogP contribution in [0.1, 0.15) is 23.7 Å². The average Bonchev–Trinajstić information content (AvgIpc) is 2.77. The second kappa shape index (κ2) is 5.37. The lowest BCUT2D eigenvalue weighted by Crippen LogP contribution is -2.02. The molecule has 1 heterocycles. The van der Waals surface area contributed by atoms with E-state index < -0.39 is 0 Å². The summed E-state index contributed by atoms with van der Waals surface area (Å²) in [6, 6.07) is 9.70. The molecule has 4 heteroatoms. The van der Waals surface area contributed by atoms with Crippen LogP contribution in [0.15, 0.2) is 30.5 Å². The lowest BCUT2D eigenvalue weighted by atomic mass is 10.1. The van der Waals surface area contributed by atoms with E-state index in [4.69, 9.17) is 5.26 Å². The highest BCUT2D eigenvalue weighted by Crippen LogP contribution is 2.16. The number of benzene rings is 1. The summed E-state index contributed by atoms with van der Waals surface area (Å²) in [4.78, 5) is 0. The molecule has 1 aromatic heterocycles. The molecule has 4 nitrogen and oxygen atoms in total. The van der Waals surface area contributed by atoms with Gasteiger partial charge in [-0.1, -0.05) is 19.1 Å². The van der Waals surface area contributed by atoms with E-state index in [0.29, 0.717) is 12.1 Å². The normalized spacial score (nSPS) is 10.1. The zero-order valence-corrected chi connectivity index (χ0v) is 10.6. The molecule has 2 aromatic rings. The molecule has 0 amide bonds. The number of para-hydroxylation sites is 1. The van der Waals surface area contributed by atoms with Gasteiger partial charge in [-0.2, -0.15) is 10.4 Å². The van der Waals surface area contributed by atoms with Crippen molar-refractivity contribution in [3.8, 4) is 6.07 Å². The maximum atomic E-state index is 9.01. The van der Waals surface area contributed by atoms with E-state index in [1.165, 1.54) is 5.56 Å². The third-order valence-electron chi connectivity index (χ3n) is 2.84. The molecule has 0 aliphatic heterocycles. The summed E-state index contributed by atoms with van der Waals surface area (Å²) in [6.45, 7) is 2.78. The van der Waals surface area contributed by atoms with E-state index in [1.807, 2.05) is 42.2 Å². The van der Waals surface area contributed by atoms with Crippen LogP contribution in [0.5, 0.6) is 0 Å². The van der Waals surface area contributed by atoms with Gasteiger partial charge in [-0.05, 0) is 18.6 Å². The third kappa shape index (κ3) is 2.51. The molecule has 0 unspecified atom stereocenters. The van der Waals surface area contributed by atoms with Crippen molar-refractivity contribution >= 4 is 5.69 Å². The minimum atomic E-state index is 0.666. The summed E-state index contributed by atoms with van der Waals surface area (Å²) in [5.74, 6) is 0. The van der Waals surface area contributed by atoms with Crippen molar-refractivity contribution < 1.29 is 0 Å². The van der Waals surface area contributed by atoms with Crippen LogP contribution in [0.25, 0.3) is 0 Å². The highest BCUT2D eigenvalue weighted by Gasteiger charge is 2.06. The topological polar surface area (TPSA) is 53.6 Å². The molecule has 0 spiro atoms. The highest BCUT2D eigenvalue weighted by molar-refractivity contribution is 5.57. The number of aromatic nitrogens is 2. The minimum Gasteiger partial charge on any atom is -0.380 e. The van der Waals surface area contributed by atoms with Gasteiger partial charge in [-0.3, -0.25) is 4.68 Å². The van der Waals surface area contributed by atoms with E-state index in [9.17, 15) is 0 Å². The first kappa shape index (κ1) is 12.2. The van der Waals surface area contributed by atoms with Crippen molar-refractivity contribution in [1.29, 1.82) is 5.26 Å². The molecular formula is C14H16N4. The Kier molecular flexibility index (Phi) is 3.63. The Morgan fingerprint density at radius 1 is 1.39 bits per heavy atom. The smallest absolute Gasteiger partial charge is 0.101 e. The average molecular weight is 240 g/mol. The predicted octanol–water partition coefficient (Wildman–Crippen LogP) is 2.47.